The summed E-state index contributed by atoms with van der Waals surface area (Å²) in [7, 11) is 1.57. The van der Waals surface area contributed by atoms with Crippen LogP contribution < -0.4 is 9.47 Å². The Hall–Kier alpha value is -3.14. The molecule has 0 spiro atoms. The van der Waals surface area contributed by atoms with Crippen LogP contribution in [0.25, 0.3) is 11.1 Å². The fraction of sp³-hybridized carbons (Fsp3) is 0.0500. The van der Waals surface area contributed by atoms with Crippen molar-refractivity contribution in [3.05, 3.63) is 84.2 Å². The first kappa shape index (κ1) is 15.7. The van der Waals surface area contributed by atoms with E-state index in [-0.39, 0.29) is 5.82 Å². The van der Waals surface area contributed by atoms with Gasteiger partial charge in [0.15, 0.2) is 0 Å². The van der Waals surface area contributed by atoms with E-state index in [0.29, 0.717) is 17.1 Å². The second-order valence-electron chi connectivity index (χ2n) is 5.15. The van der Waals surface area contributed by atoms with Crippen LogP contribution in [0.4, 0.5) is 4.39 Å². The van der Waals surface area contributed by atoms with Crippen molar-refractivity contribution in [2.24, 2.45) is 0 Å². The molecule has 0 aromatic heterocycles. The van der Waals surface area contributed by atoms with Crippen LogP contribution in [0.3, 0.4) is 0 Å². The molecular formula is C20H15FO3. The second kappa shape index (κ2) is 6.96. The van der Waals surface area contributed by atoms with E-state index in [1.165, 1.54) is 12.1 Å². The van der Waals surface area contributed by atoms with Crippen molar-refractivity contribution in [1.29, 1.82) is 0 Å². The Morgan fingerprint density at radius 1 is 0.750 bits per heavy atom. The van der Waals surface area contributed by atoms with Crippen molar-refractivity contribution < 1.29 is 18.7 Å². The average molecular weight is 322 g/mol. The van der Waals surface area contributed by atoms with E-state index in [1.807, 2.05) is 0 Å². The zero-order valence-electron chi connectivity index (χ0n) is 13.0. The molecule has 3 nitrogen and oxygen atoms in total. The highest BCUT2D eigenvalue weighted by atomic mass is 19.1. The molecule has 4 heteroatoms. The molecule has 3 rings (SSSR count). The third-order valence-electron chi connectivity index (χ3n) is 3.57. The van der Waals surface area contributed by atoms with E-state index in [2.05, 4.69) is 0 Å². The van der Waals surface area contributed by atoms with E-state index >= 15 is 0 Å². The van der Waals surface area contributed by atoms with Crippen molar-refractivity contribution in [3.63, 3.8) is 0 Å². The van der Waals surface area contributed by atoms with Gasteiger partial charge in [0.05, 0.1) is 12.7 Å². The predicted molar refractivity (Wildman–Crippen MR) is 89.8 cm³/mol. The minimum absolute atomic E-state index is 0.279. The van der Waals surface area contributed by atoms with Gasteiger partial charge in [0, 0.05) is 0 Å². The lowest BCUT2D eigenvalue weighted by atomic mass is 10.0. The number of benzene rings is 3. The van der Waals surface area contributed by atoms with Crippen molar-refractivity contribution in [1.82, 2.24) is 0 Å². The molecule has 3 aromatic carbocycles. The molecule has 0 atom stereocenters. The average Bonchev–Trinajstić information content (AvgIpc) is 2.63. The number of esters is 1. The van der Waals surface area contributed by atoms with Crippen LogP contribution >= 0.6 is 0 Å². The molecule has 0 radical (unpaired) electrons. The number of rotatable bonds is 4. The summed E-state index contributed by atoms with van der Waals surface area (Å²) < 4.78 is 23.3. The van der Waals surface area contributed by atoms with Crippen LogP contribution in [-0.4, -0.2) is 13.1 Å². The first-order chi connectivity index (χ1) is 11.7. The molecule has 120 valence electrons. The molecule has 0 aliphatic heterocycles. The fourth-order valence-electron chi connectivity index (χ4n) is 2.25. The number of methoxy groups -OCH3 is 1. The molecule has 0 unspecified atom stereocenters. The summed E-state index contributed by atoms with van der Waals surface area (Å²) in [4.78, 5) is 12.2. The Balaban J connectivity index is 1.72. The minimum Gasteiger partial charge on any atom is -0.497 e. The van der Waals surface area contributed by atoms with Gasteiger partial charge in [-0.15, -0.1) is 0 Å². The van der Waals surface area contributed by atoms with Crippen molar-refractivity contribution >= 4 is 5.97 Å². The lowest BCUT2D eigenvalue weighted by Gasteiger charge is -2.06. The summed E-state index contributed by atoms with van der Waals surface area (Å²) in [5.41, 5.74) is 2.22. The standard InChI is InChI=1S/C20H15FO3/c1-23-18-10-12-19(13-11-18)24-20(22)16-4-2-14(3-5-16)15-6-8-17(21)9-7-15/h2-13H,1H3. The van der Waals surface area contributed by atoms with Crippen LogP contribution in [-0.2, 0) is 0 Å². The van der Waals surface area contributed by atoms with Gasteiger partial charge < -0.3 is 9.47 Å². The van der Waals surface area contributed by atoms with E-state index < -0.39 is 5.97 Å². The van der Waals surface area contributed by atoms with Gasteiger partial charge in [0.1, 0.15) is 17.3 Å². The number of ether oxygens (including phenoxy) is 2. The topological polar surface area (TPSA) is 35.5 Å². The zero-order chi connectivity index (χ0) is 16.9. The molecule has 0 N–H and O–H groups in total. The van der Waals surface area contributed by atoms with Crippen LogP contribution in [0.15, 0.2) is 72.8 Å². The Morgan fingerprint density at radius 2 is 1.25 bits per heavy atom. The lowest BCUT2D eigenvalue weighted by Crippen LogP contribution is -2.08. The molecule has 0 fully saturated rings. The van der Waals surface area contributed by atoms with Crippen LogP contribution in [0.5, 0.6) is 11.5 Å². The Bertz CT molecular complexity index is 822. The van der Waals surface area contributed by atoms with Gasteiger partial charge in [0.25, 0.3) is 0 Å². The molecule has 0 saturated heterocycles. The molecule has 0 saturated carbocycles. The minimum atomic E-state index is -0.439. The molecule has 0 aliphatic rings. The molecule has 0 amide bonds. The third-order valence-corrected chi connectivity index (χ3v) is 3.57. The van der Waals surface area contributed by atoms with Crippen LogP contribution in [0, 0.1) is 5.82 Å². The van der Waals surface area contributed by atoms with Crippen LogP contribution in [0.1, 0.15) is 10.4 Å². The van der Waals surface area contributed by atoms with Gasteiger partial charge in [-0.25, -0.2) is 9.18 Å². The largest absolute Gasteiger partial charge is 0.497 e. The second-order valence-corrected chi connectivity index (χ2v) is 5.15. The van der Waals surface area contributed by atoms with Gasteiger partial charge in [-0.2, -0.15) is 0 Å². The monoisotopic (exact) mass is 322 g/mol. The molecule has 0 bridgehead atoms. The first-order valence-electron chi connectivity index (χ1n) is 7.38. The van der Waals surface area contributed by atoms with Gasteiger partial charge in [0.2, 0.25) is 0 Å². The SMILES string of the molecule is COc1ccc(OC(=O)c2ccc(-c3ccc(F)cc3)cc2)cc1. The summed E-state index contributed by atoms with van der Waals surface area (Å²) >= 11 is 0. The Morgan fingerprint density at radius 3 is 1.79 bits per heavy atom. The van der Waals surface area contributed by atoms with E-state index in [1.54, 1.807) is 67.8 Å². The Kier molecular flexibility index (Phi) is 4.57. The van der Waals surface area contributed by atoms with Gasteiger partial charge in [-0.3, -0.25) is 0 Å². The Labute approximate surface area is 139 Å². The lowest BCUT2D eigenvalue weighted by molar-refractivity contribution is 0.0734. The third kappa shape index (κ3) is 3.60. The summed E-state index contributed by atoms with van der Waals surface area (Å²) in [6, 6.07) is 20.0. The summed E-state index contributed by atoms with van der Waals surface area (Å²) in [5, 5.41) is 0. The smallest absolute Gasteiger partial charge is 0.343 e. The molecule has 0 aliphatic carbocycles. The van der Waals surface area contributed by atoms with Crippen molar-refractivity contribution in [2.45, 2.75) is 0 Å². The predicted octanol–water partition coefficient (Wildman–Crippen LogP) is 4.72. The first-order valence-corrected chi connectivity index (χ1v) is 7.38. The van der Waals surface area contributed by atoms with Crippen molar-refractivity contribution in [3.8, 4) is 22.6 Å². The molecular weight excluding hydrogens is 307 g/mol. The fourth-order valence-corrected chi connectivity index (χ4v) is 2.25. The molecule has 24 heavy (non-hydrogen) atoms. The highest BCUT2D eigenvalue weighted by Crippen LogP contribution is 2.22. The van der Waals surface area contributed by atoms with E-state index in [9.17, 15) is 9.18 Å². The normalized spacial score (nSPS) is 10.2. The summed E-state index contributed by atoms with van der Waals surface area (Å²) in [6.07, 6.45) is 0. The zero-order valence-corrected chi connectivity index (χ0v) is 13.0. The summed E-state index contributed by atoms with van der Waals surface area (Å²) in [5.74, 6) is 0.422. The maximum atomic E-state index is 13.0. The maximum Gasteiger partial charge on any atom is 0.343 e. The maximum absolute atomic E-state index is 13.0. The number of hydrogen-bond donors (Lipinski definition) is 0. The van der Waals surface area contributed by atoms with Gasteiger partial charge in [-0.05, 0) is 59.7 Å². The van der Waals surface area contributed by atoms with E-state index in [0.717, 1.165) is 11.1 Å². The number of hydrogen-bond acceptors (Lipinski definition) is 3. The van der Waals surface area contributed by atoms with Crippen LogP contribution in [0.2, 0.25) is 0 Å². The highest BCUT2D eigenvalue weighted by Gasteiger charge is 2.09. The number of halogens is 1. The molecule has 0 heterocycles. The van der Waals surface area contributed by atoms with Gasteiger partial charge in [-0.1, -0.05) is 24.3 Å². The molecule has 3 aromatic rings. The van der Waals surface area contributed by atoms with E-state index in [4.69, 9.17) is 9.47 Å². The van der Waals surface area contributed by atoms with Crippen molar-refractivity contribution in [2.75, 3.05) is 7.11 Å². The number of carbonyl (C=O) groups excluding carboxylic acids is 1. The van der Waals surface area contributed by atoms with Gasteiger partial charge >= 0.3 is 5.97 Å². The highest BCUT2D eigenvalue weighted by molar-refractivity contribution is 5.91. The quantitative estimate of drug-likeness (QED) is 0.515. The summed E-state index contributed by atoms with van der Waals surface area (Å²) in [6.45, 7) is 0. The number of carbonyl (C=O) groups is 1.